The van der Waals surface area contributed by atoms with E-state index in [1.54, 1.807) is 6.07 Å². The van der Waals surface area contributed by atoms with Crippen LogP contribution in [0.25, 0.3) is 11.6 Å². The van der Waals surface area contributed by atoms with Gasteiger partial charge in [0.15, 0.2) is 5.09 Å². The van der Waals surface area contributed by atoms with E-state index < -0.39 is 6.01 Å². The van der Waals surface area contributed by atoms with Gasteiger partial charge in [0.05, 0.1) is 0 Å². The number of benzene rings is 3. The van der Waals surface area contributed by atoms with Crippen molar-refractivity contribution in [3.8, 4) is 0 Å². The number of hydrogen-bond acceptors (Lipinski definition) is 2. The molecule has 0 atom stereocenters. The summed E-state index contributed by atoms with van der Waals surface area (Å²) < 4.78 is 18.1. The Bertz CT molecular complexity index is 1010. The summed E-state index contributed by atoms with van der Waals surface area (Å²) in [6, 6.07) is 31.2. The van der Waals surface area contributed by atoms with E-state index in [1.165, 1.54) is 17.8 Å². The highest BCUT2D eigenvalue weighted by Gasteiger charge is 2.07. The molecule has 0 aliphatic carbocycles. The smallest absolute Gasteiger partial charge is 0.278 e. The van der Waals surface area contributed by atoms with E-state index in [2.05, 4.69) is 42.5 Å². The zero-order valence-electron chi connectivity index (χ0n) is 14.5. The van der Waals surface area contributed by atoms with Crippen LogP contribution in [0.2, 0.25) is 0 Å². The molecular weight excluding hydrogens is 355 g/mol. The molecule has 1 heterocycles. The van der Waals surface area contributed by atoms with E-state index in [9.17, 15) is 4.39 Å². The summed E-state index contributed by atoms with van der Waals surface area (Å²) in [6.45, 7) is 0. The Morgan fingerprint density at radius 1 is 0.741 bits per heavy atom. The lowest BCUT2D eigenvalue weighted by molar-refractivity contribution is 0.313. The Labute approximate surface area is 162 Å². The summed E-state index contributed by atoms with van der Waals surface area (Å²) in [5.74, 6) is 0. The predicted molar refractivity (Wildman–Crippen MR) is 109 cm³/mol. The molecule has 132 valence electrons. The van der Waals surface area contributed by atoms with Gasteiger partial charge in [-0.3, -0.25) is 0 Å². The minimum Gasteiger partial charge on any atom is -0.424 e. The van der Waals surface area contributed by atoms with Gasteiger partial charge in [-0.25, -0.2) is 0 Å². The van der Waals surface area contributed by atoms with Crippen LogP contribution in [0.4, 0.5) is 4.39 Å². The maximum Gasteiger partial charge on any atom is 0.278 e. The monoisotopic (exact) mass is 372 g/mol. The fourth-order valence-corrected chi connectivity index (χ4v) is 3.70. The minimum absolute atomic E-state index is 0.542. The van der Waals surface area contributed by atoms with E-state index in [1.807, 2.05) is 48.5 Å². The molecular formula is C24H17FOS. The summed E-state index contributed by atoms with van der Waals surface area (Å²) >= 11 is 1.41. The molecule has 0 bridgehead atoms. The average molecular weight is 372 g/mol. The van der Waals surface area contributed by atoms with Crippen LogP contribution >= 0.6 is 11.8 Å². The topological polar surface area (TPSA) is 13.1 Å². The highest BCUT2D eigenvalue weighted by atomic mass is 32.2. The van der Waals surface area contributed by atoms with Crippen molar-refractivity contribution >= 4 is 23.4 Å². The van der Waals surface area contributed by atoms with Crippen molar-refractivity contribution in [2.45, 2.75) is 9.99 Å². The van der Waals surface area contributed by atoms with Crippen LogP contribution < -0.4 is 0 Å². The van der Waals surface area contributed by atoms with Crippen LogP contribution in [-0.4, -0.2) is 0 Å². The number of halogens is 1. The molecule has 3 aromatic carbocycles. The largest absolute Gasteiger partial charge is 0.424 e. The van der Waals surface area contributed by atoms with E-state index in [0.717, 1.165) is 27.2 Å². The van der Waals surface area contributed by atoms with Crippen molar-refractivity contribution in [3.05, 3.63) is 120 Å². The second kappa shape index (κ2) is 8.11. The van der Waals surface area contributed by atoms with Crippen molar-refractivity contribution < 1.29 is 8.81 Å². The molecule has 1 nitrogen and oxygen atoms in total. The molecule has 27 heavy (non-hydrogen) atoms. The molecule has 4 rings (SSSR count). The van der Waals surface area contributed by atoms with Gasteiger partial charge in [-0.05, 0) is 46.5 Å². The van der Waals surface area contributed by atoms with Crippen molar-refractivity contribution in [3.63, 3.8) is 0 Å². The summed E-state index contributed by atoms with van der Waals surface area (Å²) in [5.41, 5.74) is 4.56. The van der Waals surface area contributed by atoms with Crippen LogP contribution in [0.5, 0.6) is 0 Å². The SMILES string of the molecule is Fc1ccc(Sc2cccc(C=C(c3ccccc3)c3ccccc3)c2)o1. The van der Waals surface area contributed by atoms with Crippen LogP contribution in [0.3, 0.4) is 0 Å². The van der Waals surface area contributed by atoms with E-state index in [4.69, 9.17) is 4.42 Å². The predicted octanol–water partition coefficient (Wildman–Crippen LogP) is 7.16. The van der Waals surface area contributed by atoms with Crippen LogP contribution in [-0.2, 0) is 0 Å². The van der Waals surface area contributed by atoms with Gasteiger partial charge in [-0.2, -0.15) is 4.39 Å². The highest BCUT2D eigenvalue weighted by Crippen LogP contribution is 2.31. The Morgan fingerprint density at radius 3 is 2.00 bits per heavy atom. The van der Waals surface area contributed by atoms with E-state index in [0.29, 0.717) is 5.09 Å². The Hall–Kier alpha value is -3.04. The average Bonchev–Trinajstić information content (AvgIpc) is 3.12. The molecule has 0 radical (unpaired) electrons. The first-order valence-electron chi connectivity index (χ1n) is 8.64. The molecule has 1 aromatic heterocycles. The van der Waals surface area contributed by atoms with Gasteiger partial charge in [0.2, 0.25) is 0 Å². The Kier molecular flexibility index (Phi) is 5.22. The summed E-state index contributed by atoms with van der Waals surface area (Å²) in [6.07, 6.45) is 2.18. The van der Waals surface area contributed by atoms with Crippen LogP contribution in [0, 0.1) is 6.01 Å². The lowest BCUT2D eigenvalue weighted by Gasteiger charge is -2.09. The van der Waals surface area contributed by atoms with Crippen molar-refractivity contribution in [1.29, 1.82) is 0 Å². The van der Waals surface area contributed by atoms with Gasteiger partial charge >= 0.3 is 0 Å². The maximum atomic E-state index is 13.1. The third-order valence-corrected chi connectivity index (χ3v) is 5.02. The molecule has 0 amide bonds. The first-order valence-corrected chi connectivity index (χ1v) is 9.45. The summed E-state index contributed by atoms with van der Waals surface area (Å²) in [5, 5.41) is 0.542. The molecule has 4 aromatic rings. The van der Waals surface area contributed by atoms with Crippen molar-refractivity contribution in [2.24, 2.45) is 0 Å². The van der Waals surface area contributed by atoms with E-state index >= 15 is 0 Å². The second-order valence-electron chi connectivity index (χ2n) is 6.02. The van der Waals surface area contributed by atoms with Gasteiger partial charge in [-0.15, -0.1) is 0 Å². The molecule has 0 saturated heterocycles. The van der Waals surface area contributed by atoms with Gasteiger partial charge in [0.25, 0.3) is 6.01 Å². The van der Waals surface area contributed by atoms with Gasteiger partial charge in [0, 0.05) is 11.0 Å². The van der Waals surface area contributed by atoms with Gasteiger partial charge < -0.3 is 4.42 Å². The molecule has 3 heteroatoms. The van der Waals surface area contributed by atoms with Crippen LogP contribution in [0.1, 0.15) is 16.7 Å². The zero-order chi connectivity index (χ0) is 18.5. The fraction of sp³-hybridized carbons (Fsp3) is 0. The lowest BCUT2D eigenvalue weighted by atomic mass is 9.96. The molecule has 0 spiro atoms. The lowest BCUT2D eigenvalue weighted by Crippen LogP contribution is -1.88. The van der Waals surface area contributed by atoms with Crippen molar-refractivity contribution in [2.75, 3.05) is 0 Å². The zero-order valence-corrected chi connectivity index (χ0v) is 15.3. The minimum atomic E-state index is -0.566. The second-order valence-corrected chi connectivity index (χ2v) is 7.10. The van der Waals surface area contributed by atoms with Crippen molar-refractivity contribution in [1.82, 2.24) is 0 Å². The number of rotatable bonds is 5. The molecule has 0 saturated carbocycles. The maximum absolute atomic E-state index is 13.1. The Morgan fingerprint density at radius 2 is 1.41 bits per heavy atom. The number of furan rings is 1. The van der Waals surface area contributed by atoms with E-state index in [-0.39, 0.29) is 0 Å². The third-order valence-electron chi connectivity index (χ3n) is 4.11. The van der Waals surface area contributed by atoms with Gasteiger partial charge in [-0.1, -0.05) is 84.6 Å². The summed E-state index contributed by atoms with van der Waals surface area (Å²) in [7, 11) is 0. The normalized spacial score (nSPS) is 10.6. The molecule has 0 N–H and O–H groups in total. The first-order chi connectivity index (χ1) is 13.3. The molecule has 0 unspecified atom stereocenters. The summed E-state index contributed by atoms with van der Waals surface area (Å²) in [4.78, 5) is 0.999. The Balaban J connectivity index is 1.71. The van der Waals surface area contributed by atoms with Crippen LogP contribution in [0.15, 0.2) is 111 Å². The highest BCUT2D eigenvalue weighted by molar-refractivity contribution is 7.99. The van der Waals surface area contributed by atoms with Gasteiger partial charge in [0.1, 0.15) is 0 Å². The molecule has 0 aliphatic rings. The number of hydrogen-bond donors (Lipinski definition) is 0. The molecule has 0 aliphatic heterocycles. The third kappa shape index (κ3) is 4.39. The standard InChI is InChI=1S/C24H17FOS/c25-23-14-15-24(26-23)27-21-13-7-8-18(16-21)17-22(19-9-3-1-4-10-19)20-11-5-2-6-12-20/h1-17H. The first kappa shape index (κ1) is 17.4. The molecule has 0 fully saturated rings. The quantitative estimate of drug-likeness (QED) is 0.345. The fourth-order valence-electron chi connectivity index (χ4n) is 2.87.